The molecule has 0 radical (unpaired) electrons. The molecule has 4 rings (SSSR count). The summed E-state index contributed by atoms with van der Waals surface area (Å²) in [7, 11) is 0. The van der Waals surface area contributed by atoms with Gasteiger partial charge in [0.1, 0.15) is 18.8 Å². The molecule has 9 nitrogen and oxygen atoms in total. The van der Waals surface area contributed by atoms with E-state index in [1.54, 1.807) is 0 Å². The molecule has 0 atom stereocenters. The Labute approximate surface area is 219 Å². The number of carboxylic acids is 1. The van der Waals surface area contributed by atoms with Crippen LogP contribution in [0.3, 0.4) is 0 Å². The average Bonchev–Trinajstić information content (AvgIpc) is 3.25. The molecule has 202 valence electrons. The van der Waals surface area contributed by atoms with Crippen LogP contribution in [0.1, 0.15) is 82.6 Å². The smallest absolute Gasteiger partial charge is 0.323 e. The van der Waals surface area contributed by atoms with Crippen molar-refractivity contribution in [3.63, 3.8) is 0 Å². The zero-order valence-electron chi connectivity index (χ0n) is 21.8. The van der Waals surface area contributed by atoms with Gasteiger partial charge in [0.15, 0.2) is 0 Å². The molecule has 0 unspecified atom stereocenters. The second kappa shape index (κ2) is 13.4. The fourth-order valence-electron chi connectivity index (χ4n) is 5.48. The van der Waals surface area contributed by atoms with E-state index in [-0.39, 0.29) is 18.4 Å². The van der Waals surface area contributed by atoms with Crippen molar-refractivity contribution in [2.45, 2.75) is 83.6 Å². The third kappa shape index (κ3) is 8.20. The van der Waals surface area contributed by atoms with Crippen LogP contribution in [0.15, 0.2) is 23.2 Å². The van der Waals surface area contributed by atoms with Crippen molar-refractivity contribution in [2.24, 2.45) is 10.9 Å². The quantitative estimate of drug-likeness (QED) is 0.361. The van der Waals surface area contributed by atoms with Gasteiger partial charge in [-0.05, 0) is 43.2 Å². The lowest BCUT2D eigenvalue weighted by molar-refractivity contribution is -0.144. The normalized spacial score (nSPS) is 17.0. The molecule has 37 heavy (non-hydrogen) atoms. The van der Waals surface area contributed by atoms with Crippen LogP contribution in [-0.2, 0) is 20.9 Å². The van der Waals surface area contributed by atoms with E-state index in [0.717, 1.165) is 48.6 Å². The third-order valence-electron chi connectivity index (χ3n) is 7.53. The Morgan fingerprint density at radius 3 is 2.73 bits per heavy atom. The molecule has 0 spiro atoms. The van der Waals surface area contributed by atoms with Crippen molar-refractivity contribution >= 4 is 29.4 Å². The lowest BCUT2D eigenvalue weighted by Crippen LogP contribution is -2.36. The highest BCUT2D eigenvalue weighted by Gasteiger charge is 2.29. The first-order chi connectivity index (χ1) is 18.0. The molecular weight excluding hydrogens is 472 g/mol. The van der Waals surface area contributed by atoms with Crippen LogP contribution in [0.4, 0.5) is 5.69 Å². The van der Waals surface area contributed by atoms with Gasteiger partial charge in [0.2, 0.25) is 17.8 Å². The van der Waals surface area contributed by atoms with Gasteiger partial charge in [0.25, 0.3) is 0 Å². The Balaban J connectivity index is 1.12. The molecule has 1 saturated heterocycles. The number of amides is 2. The second-order valence-electron chi connectivity index (χ2n) is 10.5. The van der Waals surface area contributed by atoms with Gasteiger partial charge in [-0.2, -0.15) is 0 Å². The number of ether oxygens (including phenoxy) is 1. The summed E-state index contributed by atoms with van der Waals surface area (Å²) in [5, 5.41) is 12.0. The van der Waals surface area contributed by atoms with Gasteiger partial charge in [0, 0.05) is 25.6 Å². The van der Waals surface area contributed by atoms with E-state index in [1.807, 2.05) is 23.1 Å². The predicted molar refractivity (Wildman–Crippen MR) is 141 cm³/mol. The van der Waals surface area contributed by atoms with Gasteiger partial charge in [0.05, 0.1) is 12.3 Å². The number of carbonyl (C=O) groups excluding carboxylic acids is 2. The zero-order valence-corrected chi connectivity index (χ0v) is 21.8. The number of unbranched alkanes of at least 4 members (excludes halogenated alkanes) is 3. The number of carboxylic acid groups (broad SMARTS) is 1. The number of benzene rings is 1. The number of hydrogen-bond donors (Lipinski definition) is 2. The van der Waals surface area contributed by atoms with Crippen LogP contribution in [0.2, 0.25) is 0 Å². The standard InChI is InChI=1S/C28H40N4O5/c33-25-19-32-18-22-13-14-23(17-24(22)29-28(32)30-25)37-16-8-2-5-12-26(34)31(20-27(35)36)15-7-6-11-21-9-3-1-4-10-21/h13-14,17,21H,1-12,15-16,18-20H2,(H,35,36)(H,29,30,33). The predicted octanol–water partition coefficient (Wildman–Crippen LogP) is 4.22. The fourth-order valence-corrected chi connectivity index (χ4v) is 5.48. The third-order valence-corrected chi connectivity index (χ3v) is 7.53. The van der Waals surface area contributed by atoms with E-state index in [1.165, 1.54) is 43.4 Å². The van der Waals surface area contributed by atoms with Gasteiger partial charge in [-0.15, -0.1) is 0 Å². The number of aliphatic carboxylic acids is 1. The molecule has 1 aromatic carbocycles. The summed E-state index contributed by atoms with van der Waals surface area (Å²) in [4.78, 5) is 43.5. The van der Waals surface area contributed by atoms with Crippen molar-refractivity contribution in [3.8, 4) is 5.75 Å². The molecule has 2 fully saturated rings. The molecular formula is C28H40N4O5. The van der Waals surface area contributed by atoms with Crippen molar-refractivity contribution in [1.29, 1.82) is 0 Å². The number of rotatable bonds is 14. The minimum absolute atomic E-state index is 0.0396. The van der Waals surface area contributed by atoms with Crippen LogP contribution in [0, 0.1) is 5.92 Å². The Morgan fingerprint density at radius 2 is 1.92 bits per heavy atom. The van der Waals surface area contributed by atoms with E-state index in [9.17, 15) is 19.5 Å². The Bertz CT molecular complexity index is 989. The van der Waals surface area contributed by atoms with E-state index >= 15 is 0 Å². The van der Waals surface area contributed by atoms with Crippen LogP contribution >= 0.6 is 0 Å². The maximum Gasteiger partial charge on any atom is 0.323 e. The average molecular weight is 513 g/mol. The first-order valence-electron chi connectivity index (χ1n) is 13.9. The second-order valence-corrected chi connectivity index (χ2v) is 10.5. The van der Waals surface area contributed by atoms with Gasteiger partial charge in [-0.1, -0.05) is 51.0 Å². The molecule has 2 aliphatic heterocycles. The van der Waals surface area contributed by atoms with Crippen molar-refractivity contribution in [1.82, 2.24) is 15.1 Å². The number of fused-ring (bicyclic) bond motifs is 2. The summed E-state index contributed by atoms with van der Waals surface area (Å²) in [6, 6.07) is 5.80. The van der Waals surface area contributed by atoms with E-state index in [0.29, 0.717) is 45.0 Å². The number of nitrogens with zero attached hydrogens (tertiary/aromatic N) is 3. The van der Waals surface area contributed by atoms with Crippen molar-refractivity contribution in [2.75, 3.05) is 26.2 Å². The molecule has 2 heterocycles. The first-order valence-corrected chi connectivity index (χ1v) is 13.9. The largest absolute Gasteiger partial charge is 0.494 e. The highest BCUT2D eigenvalue weighted by molar-refractivity contribution is 6.05. The molecule has 2 amide bonds. The molecule has 2 N–H and O–H groups in total. The number of hydrogen-bond acceptors (Lipinski definition) is 6. The lowest BCUT2D eigenvalue weighted by Gasteiger charge is -2.23. The molecule has 1 aliphatic carbocycles. The van der Waals surface area contributed by atoms with Crippen LogP contribution in [0.5, 0.6) is 5.75 Å². The molecule has 1 saturated carbocycles. The summed E-state index contributed by atoms with van der Waals surface area (Å²) >= 11 is 0. The Kier molecular flexibility index (Phi) is 9.79. The molecule has 0 bridgehead atoms. The molecule has 3 aliphatic rings. The van der Waals surface area contributed by atoms with E-state index < -0.39 is 5.97 Å². The van der Waals surface area contributed by atoms with Crippen LogP contribution < -0.4 is 10.1 Å². The van der Waals surface area contributed by atoms with E-state index in [2.05, 4.69) is 10.3 Å². The summed E-state index contributed by atoms with van der Waals surface area (Å²) in [5.74, 6) is 1.09. The number of nitrogens with one attached hydrogen (secondary N) is 1. The lowest BCUT2D eigenvalue weighted by atomic mass is 9.86. The van der Waals surface area contributed by atoms with Crippen molar-refractivity contribution < 1.29 is 24.2 Å². The van der Waals surface area contributed by atoms with Gasteiger partial charge in [-0.3, -0.25) is 19.7 Å². The summed E-state index contributed by atoms with van der Waals surface area (Å²) in [5.41, 5.74) is 1.87. The SMILES string of the molecule is O=C(O)CN(CCCCC1CCCCC1)C(=O)CCCCCOc1ccc2c(c1)N=C1NC(=O)CN1C2. The molecule has 1 aromatic rings. The highest BCUT2D eigenvalue weighted by Crippen LogP contribution is 2.31. The van der Waals surface area contributed by atoms with E-state index in [4.69, 9.17) is 4.74 Å². The van der Waals surface area contributed by atoms with Crippen molar-refractivity contribution in [3.05, 3.63) is 23.8 Å². The maximum atomic E-state index is 12.7. The highest BCUT2D eigenvalue weighted by atomic mass is 16.5. The maximum absolute atomic E-state index is 12.7. The van der Waals surface area contributed by atoms with Crippen LogP contribution in [-0.4, -0.2) is 64.9 Å². The topological polar surface area (TPSA) is 112 Å². The minimum Gasteiger partial charge on any atom is -0.494 e. The van der Waals surface area contributed by atoms with Gasteiger partial charge < -0.3 is 19.6 Å². The number of carbonyl (C=O) groups is 3. The minimum atomic E-state index is -0.952. The number of guanidine groups is 1. The summed E-state index contributed by atoms with van der Waals surface area (Å²) in [6.07, 6.45) is 12.5. The van der Waals surface area contributed by atoms with Gasteiger partial charge >= 0.3 is 5.97 Å². The zero-order chi connectivity index (χ0) is 26.0. The summed E-state index contributed by atoms with van der Waals surface area (Å²) < 4.78 is 5.88. The molecule has 9 heteroatoms. The summed E-state index contributed by atoms with van der Waals surface area (Å²) in [6.45, 7) is 1.85. The van der Waals surface area contributed by atoms with Crippen LogP contribution in [0.25, 0.3) is 0 Å². The molecule has 0 aromatic heterocycles. The Hall–Kier alpha value is -3.10. The van der Waals surface area contributed by atoms with Gasteiger partial charge in [-0.25, -0.2) is 4.99 Å². The monoisotopic (exact) mass is 512 g/mol. The fraction of sp³-hybridized carbons (Fsp3) is 0.643. The number of aliphatic imine (C=N–C) groups is 1. The Morgan fingerprint density at radius 1 is 1.08 bits per heavy atom. The first kappa shape index (κ1) is 26.9.